The maximum atomic E-state index is 12.9. The molecule has 0 aromatic carbocycles. The number of carbonyl (C=O) groups excluding carboxylic acids is 1. The summed E-state index contributed by atoms with van der Waals surface area (Å²) in [6.07, 6.45) is 5.05. The molecular formula is C18H17ClN4O3. The third-order valence-corrected chi connectivity index (χ3v) is 5.17. The molecule has 8 heteroatoms. The van der Waals surface area contributed by atoms with E-state index in [-0.39, 0.29) is 11.8 Å². The molecule has 1 unspecified atom stereocenters. The van der Waals surface area contributed by atoms with Gasteiger partial charge < -0.3 is 18.5 Å². The fourth-order valence-electron chi connectivity index (χ4n) is 3.53. The topological polar surface area (TPSA) is 72.9 Å². The summed E-state index contributed by atoms with van der Waals surface area (Å²) in [5.41, 5.74) is 1.95. The number of rotatable bonds is 2. The van der Waals surface area contributed by atoms with E-state index in [2.05, 4.69) is 9.97 Å². The zero-order valence-electron chi connectivity index (χ0n) is 14.0. The number of aromatic nitrogens is 3. The summed E-state index contributed by atoms with van der Waals surface area (Å²) in [5, 5.41) is 0.600. The Balaban J connectivity index is 1.38. The molecule has 3 aromatic heterocycles. The standard InChI is InChI=1S/C18H17ClN4O3/c19-12-1-2-16-20-14(9-23(16)7-12)18(24)22-5-3-15-13(8-22)21-17(26-15)11-4-6-25-10-11/h1-2,7,9,11H,3-6,8,10H2. The predicted molar refractivity (Wildman–Crippen MR) is 93.3 cm³/mol. The van der Waals surface area contributed by atoms with Crippen LogP contribution in [0.5, 0.6) is 0 Å². The number of amides is 1. The Morgan fingerprint density at radius 3 is 3.04 bits per heavy atom. The smallest absolute Gasteiger partial charge is 0.274 e. The molecule has 1 amide bonds. The van der Waals surface area contributed by atoms with Gasteiger partial charge in [-0.2, -0.15) is 0 Å². The van der Waals surface area contributed by atoms with Crippen LogP contribution < -0.4 is 0 Å². The first kappa shape index (κ1) is 15.8. The van der Waals surface area contributed by atoms with Crippen molar-refractivity contribution in [2.45, 2.75) is 25.3 Å². The quantitative estimate of drug-likeness (QED) is 0.691. The van der Waals surface area contributed by atoms with E-state index in [4.69, 9.17) is 20.8 Å². The number of pyridine rings is 1. The van der Waals surface area contributed by atoms with E-state index >= 15 is 0 Å². The van der Waals surface area contributed by atoms with Crippen molar-refractivity contribution in [2.24, 2.45) is 0 Å². The predicted octanol–water partition coefficient (Wildman–Crippen LogP) is 2.68. The molecule has 0 saturated carbocycles. The lowest BCUT2D eigenvalue weighted by Gasteiger charge is -2.24. The molecule has 1 saturated heterocycles. The molecule has 26 heavy (non-hydrogen) atoms. The van der Waals surface area contributed by atoms with Gasteiger partial charge in [-0.25, -0.2) is 9.97 Å². The van der Waals surface area contributed by atoms with Crippen molar-refractivity contribution >= 4 is 23.2 Å². The number of hydrogen-bond donors (Lipinski definition) is 0. The molecule has 0 radical (unpaired) electrons. The first-order chi connectivity index (χ1) is 12.7. The summed E-state index contributed by atoms with van der Waals surface area (Å²) in [6, 6.07) is 3.55. The molecule has 7 nitrogen and oxygen atoms in total. The Morgan fingerprint density at radius 2 is 2.19 bits per heavy atom. The molecule has 1 fully saturated rings. The van der Waals surface area contributed by atoms with Gasteiger partial charge in [0, 0.05) is 32.0 Å². The molecule has 0 N–H and O–H groups in total. The molecule has 2 aliphatic heterocycles. The lowest BCUT2D eigenvalue weighted by atomic mass is 10.1. The van der Waals surface area contributed by atoms with Gasteiger partial charge in [0.1, 0.15) is 22.8 Å². The highest BCUT2D eigenvalue weighted by Crippen LogP contribution is 2.29. The van der Waals surface area contributed by atoms with Crippen molar-refractivity contribution in [3.05, 3.63) is 52.6 Å². The van der Waals surface area contributed by atoms with Crippen LogP contribution in [0.3, 0.4) is 0 Å². The second-order valence-corrected chi connectivity index (χ2v) is 7.13. The maximum Gasteiger partial charge on any atom is 0.274 e. The van der Waals surface area contributed by atoms with Gasteiger partial charge in [-0.05, 0) is 18.6 Å². The van der Waals surface area contributed by atoms with Gasteiger partial charge in [0.2, 0.25) is 0 Å². The van der Waals surface area contributed by atoms with Gasteiger partial charge >= 0.3 is 0 Å². The summed E-state index contributed by atoms with van der Waals surface area (Å²) >= 11 is 6.00. The molecule has 1 atom stereocenters. The fraction of sp³-hybridized carbons (Fsp3) is 0.389. The Morgan fingerprint density at radius 1 is 1.27 bits per heavy atom. The van der Waals surface area contributed by atoms with Crippen molar-refractivity contribution in [3.8, 4) is 0 Å². The zero-order chi connectivity index (χ0) is 17.7. The van der Waals surface area contributed by atoms with Crippen LogP contribution in [0.2, 0.25) is 5.02 Å². The van der Waals surface area contributed by atoms with E-state index in [1.165, 1.54) is 0 Å². The minimum absolute atomic E-state index is 0.107. The number of halogens is 1. The van der Waals surface area contributed by atoms with Crippen LogP contribution in [-0.4, -0.2) is 44.9 Å². The molecule has 0 aliphatic carbocycles. The third kappa shape index (κ3) is 2.68. The SMILES string of the molecule is O=C(c1cn2cc(Cl)ccc2n1)N1CCc2oc(C3CCOC3)nc2C1. The van der Waals surface area contributed by atoms with Crippen LogP contribution in [0.25, 0.3) is 5.65 Å². The molecule has 134 valence electrons. The number of oxazole rings is 1. The van der Waals surface area contributed by atoms with Crippen molar-refractivity contribution in [1.29, 1.82) is 0 Å². The maximum absolute atomic E-state index is 12.9. The first-order valence-electron chi connectivity index (χ1n) is 8.67. The van der Waals surface area contributed by atoms with Crippen LogP contribution in [0.4, 0.5) is 0 Å². The Hall–Kier alpha value is -2.38. The average Bonchev–Trinajstić information content (AvgIpc) is 3.37. The van der Waals surface area contributed by atoms with E-state index in [1.54, 1.807) is 33.8 Å². The van der Waals surface area contributed by atoms with E-state index in [1.807, 2.05) is 0 Å². The van der Waals surface area contributed by atoms with Crippen LogP contribution in [0.1, 0.15) is 40.2 Å². The van der Waals surface area contributed by atoms with Gasteiger partial charge in [0.25, 0.3) is 5.91 Å². The molecule has 2 aliphatic rings. The van der Waals surface area contributed by atoms with Gasteiger partial charge in [-0.15, -0.1) is 0 Å². The third-order valence-electron chi connectivity index (χ3n) is 4.94. The molecule has 3 aromatic rings. The number of fused-ring (bicyclic) bond motifs is 2. The second-order valence-electron chi connectivity index (χ2n) is 6.70. The van der Waals surface area contributed by atoms with Crippen LogP contribution in [0.15, 0.2) is 28.9 Å². The lowest BCUT2D eigenvalue weighted by molar-refractivity contribution is 0.0722. The van der Waals surface area contributed by atoms with E-state index < -0.39 is 0 Å². The van der Waals surface area contributed by atoms with Gasteiger partial charge in [0.15, 0.2) is 5.89 Å². The number of carbonyl (C=O) groups is 1. The largest absolute Gasteiger partial charge is 0.445 e. The number of ether oxygens (including phenoxy) is 1. The van der Waals surface area contributed by atoms with E-state index in [0.29, 0.717) is 42.5 Å². The summed E-state index contributed by atoms with van der Waals surface area (Å²) in [4.78, 5) is 23.7. The van der Waals surface area contributed by atoms with Crippen LogP contribution in [-0.2, 0) is 17.7 Å². The minimum Gasteiger partial charge on any atom is -0.445 e. The number of nitrogens with zero attached hydrogens (tertiary/aromatic N) is 4. The average molecular weight is 373 g/mol. The monoisotopic (exact) mass is 372 g/mol. The highest BCUT2D eigenvalue weighted by atomic mass is 35.5. The number of hydrogen-bond acceptors (Lipinski definition) is 5. The van der Waals surface area contributed by atoms with Gasteiger partial charge in [0.05, 0.1) is 24.1 Å². The fourth-order valence-corrected chi connectivity index (χ4v) is 3.69. The van der Waals surface area contributed by atoms with E-state index in [0.717, 1.165) is 30.4 Å². The van der Waals surface area contributed by atoms with Gasteiger partial charge in [-0.3, -0.25) is 4.79 Å². The molecular weight excluding hydrogens is 356 g/mol. The molecule has 0 bridgehead atoms. The van der Waals surface area contributed by atoms with Crippen molar-refractivity contribution in [3.63, 3.8) is 0 Å². The first-order valence-corrected chi connectivity index (χ1v) is 9.05. The minimum atomic E-state index is -0.107. The van der Waals surface area contributed by atoms with Crippen molar-refractivity contribution in [1.82, 2.24) is 19.3 Å². The normalized spacial score (nSPS) is 19.9. The van der Waals surface area contributed by atoms with Gasteiger partial charge in [-0.1, -0.05) is 11.6 Å². The summed E-state index contributed by atoms with van der Waals surface area (Å²) in [7, 11) is 0. The second kappa shape index (κ2) is 6.10. The lowest BCUT2D eigenvalue weighted by Crippen LogP contribution is -2.36. The Kier molecular flexibility index (Phi) is 3.72. The van der Waals surface area contributed by atoms with Crippen molar-refractivity contribution < 1.29 is 13.9 Å². The molecule has 0 spiro atoms. The highest BCUT2D eigenvalue weighted by Gasteiger charge is 2.30. The van der Waals surface area contributed by atoms with Crippen LogP contribution >= 0.6 is 11.6 Å². The Labute approximate surface area is 154 Å². The molecule has 5 rings (SSSR count). The zero-order valence-corrected chi connectivity index (χ0v) is 14.8. The highest BCUT2D eigenvalue weighted by molar-refractivity contribution is 6.30. The van der Waals surface area contributed by atoms with Crippen molar-refractivity contribution in [2.75, 3.05) is 19.8 Å². The molecule has 5 heterocycles. The van der Waals surface area contributed by atoms with Crippen LogP contribution in [0, 0.1) is 0 Å². The summed E-state index contributed by atoms with van der Waals surface area (Å²) in [5.74, 6) is 1.75. The number of imidazole rings is 1. The van der Waals surface area contributed by atoms with E-state index in [9.17, 15) is 4.79 Å². The summed E-state index contributed by atoms with van der Waals surface area (Å²) in [6.45, 7) is 2.45. The summed E-state index contributed by atoms with van der Waals surface area (Å²) < 4.78 is 13.1. The Bertz CT molecular complexity index is 990.